The number of phosphoric ester groups is 1. The molecular weight excluding hydrogens is 928 g/mol. The number of carbonyl (C=O) groups is 3. The molecule has 0 spiro atoms. The molecule has 0 aliphatic carbocycles. The molecule has 0 rings (SSSR count). The van der Waals surface area contributed by atoms with Crippen molar-refractivity contribution < 1.29 is 52.2 Å². The quantitative estimate of drug-likeness (QED) is 0.0259. The Morgan fingerprint density at radius 2 is 0.569 bits per heavy atom. The standard InChI is InChI=1S/C60H117O11P/c1-4-7-10-13-16-19-22-25-28-31-34-37-40-43-46-49-58(62)67-52-56(61)53-69-72(65,66)70-55-57(71-60(64)51-48-45-42-39-36-33-30-27-24-21-18-15-12-9-6-3)54-68-59(63)50-47-44-41-38-35-32-29-26-23-20-17-14-11-8-5-2/h56-57,61H,4-55H2,1-3H3,(H,65,66)/t56-,57+/m0/s1. The van der Waals surface area contributed by atoms with Crippen molar-refractivity contribution in [2.45, 2.75) is 341 Å². The van der Waals surface area contributed by atoms with Crippen molar-refractivity contribution in [2.24, 2.45) is 0 Å². The van der Waals surface area contributed by atoms with Crippen molar-refractivity contribution in [3.05, 3.63) is 0 Å². The van der Waals surface area contributed by atoms with Crippen LogP contribution in [0.15, 0.2) is 0 Å². The molecular formula is C60H117O11P. The number of ether oxygens (including phenoxy) is 3. The summed E-state index contributed by atoms with van der Waals surface area (Å²) in [5.74, 6) is -1.35. The van der Waals surface area contributed by atoms with Crippen molar-refractivity contribution in [1.82, 2.24) is 0 Å². The minimum atomic E-state index is -4.72. The number of rotatable bonds is 59. The fourth-order valence-corrected chi connectivity index (χ4v) is 10.0. The van der Waals surface area contributed by atoms with E-state index in [0.29, 0.717) is 19.3 Å². The zero-order chi connectivity index (χ0) is 52.7. The molecule has 3 atom stereocenters. The van der Waals surface area contributed by atoms with Crippen LogP contribution in [0.2, 0.25) is 0 Å². The second kappa shape index (κ2) is 55.7. The van der Waals surface area contributed by atoms with Crippen molar-refractivity contribution >= 4 is 25.7 Å². The predicted molar refractivity (Wildman–Crippen MR) is 298 cm³/mol. The van der Waals surface area contributed by atoms with Gasteiger partial charge >= 0.3 is 25.7 Å². The summed E-state index contributed by atoms with van der Waals surface area (Å²) in [6.07, 6.45) is 53.4. The van der Waals surface area contributed by atoms with Gasteiger partial charge < -0.3 is 24.2 Å². The van der Waals surface area contributed by atoms with E-state index in [9.17, 15) is 28.9 Å². The van der Waals surface area contributed by atoms with Crippen molar-refractivity contribution in [3.63, 3.8) is 0 Å². The van der Waals surface area contributed by atoms with Crippen molar-refractivity contribution in [2.75, 3.05) is 26.4 Å². The molecule has 0 heterocycles. The highest BCUT2D eigenvalue weighted by molar-refractivity contribution is 7.47. The number of hydrogen-bond acceptors (Lipinski definition) is 10. The molecule has 0 bridgehead atoms. The maximum atomic E-state index is 12.9. The van der Waals surface area contributed by atoms with Gasteiger partial charge in [-0.05, 0) is 19.3 Å². The SMILES string of the molecule is CCCCCCCCCCCCCCCCCC(=O)OC[C@H](O)COP(=O)(O)OC[C@@H](COC(=O)CCCCCCCCCCCCCCCCC)OC(=O)CCCCCCCCCCCCCCCCC. The summed E-state index contributed by atoms with van der Waals surface area (Å²) in [4.78, 5) is 48.2. The van der Waals surface area contributed by atoms with Gasteiger partial charge in [-0.15, -0.1) is 0 Å². The third-order valence-corrected chi connectivity index (χ3v) is 14.9. The molecule has 0 saturated heterocycles. The first-order chi connectivity index (χ1) is 35.1. The van der Waals surface area contributed by atoms with Crippen molar-refractivity contribution in [3.8, 4) is 0 Å². The molecule has 0 aliphatic rings. The molecule has 0 aliphatic heterocycles. The highest BCUT2D eigenvalue weighted by Crippen LogP contribution is 2.43. The Bertz CT molecular complexity index is 1220. The average molecular weight is 1050 g/mol. The maximum absolute atomic E-state index is 12.9. The fraction of sp³-hybridized carbons (Fsp3) is 0.950. The predicted octanol–water partition coefficient (Wildman–Crippen LogP) is 18.3. The van der Waals surface area contributed by atoms with Crippen LogP contribution in [-0.4, -0.2) is 66.5 Å². The monoisotopic (exact) mass is 1040 g/mol. The molecule has 428 valence electrons. The van der Waals surface area contributed by atoms with Crippen LogP contribution in [0.3, 0.4) is 0 Å². The topological polar surface area (TPSA) is 155 Å². The van der Waals surface area contributed by atoms with E-state index in [1.165, 1.54) is 218 Å². The molecule has 2 N–H and O–H groups in total. The highest BCUT2D eigenvalue weighted by atomic mass is 31.2. The second-order valence-corrected chi connectivity index (χ2v) is 22.7. The van der Waals surface area contributed by atoms with E-state index in [2.05, 4.69) is 20.8 Å². The van der Waals surface area contributed by atoms with Crippen LogP contribution in [0.25, 0.3) is 0 Å². The van der Waals surface area contributed by atoms with Crippen LogP contribution in [0.1, 0.15) is 329 Å². The van der Waals surface area contributed by atoms with Crippen LogP contribution in [-0.2, 0) is 42.2 Å². The Balaban J connectivity index is 4.52. The third-order valence-electron chi connectivity index (χ3n) is 14.0. The molecule has 72 heavy (non-hydrogen) atoms. The van der Waals surface area contributed by atoms with E-state index < -0.39 is 51.2 Å². The molecule has 0 amide bonds. The van der Waals surface area contributed by atoms with Gasteiger partial charge in [0, 0.05) is 19.3 Å². The Hall–Kier alpha value is -1.52. The summed E-state index contributed by atoms with van der Waals surface area (Å²) in [6, 6.07) is 0. The lowest BCUT2D eigenvalue weighted by Crippen LogP contribution is -2.30. The number of phosphoric acid groups is 1. The Kier molecular flexibility index (Phi) is 54.5. The summed E-state index contributed by atoms with van der Waals surface area (Å²) < 4.78 is 39.2. The maximum Gasteiger partial charge on any atom is 0.472 e. The van der Waals surface area contributed by atoms with Crippen LogP contribution in [0, 0.1) is 0 Å². The fourth-order valence-electron chi connectivity index (χ4n) is 9.25. The van der Waals surface area contributed by atoms with E-state index in [1.54, 1.807) is 0 Å². The summed E-state index contributed by atoms with van der Waals surface area (Å²) in [7, 11) is -4.72. The van der Waals surface area contributed by atoms with Crippen LogP contribution >= 0.6 is 7.82 Å². The highest BCUT2D eigenvalue weighted by Gasteiger charge is 2.27. The smallest absolute Gasteiger partial charge is 0.463 e. The summed E-state index contributed by atoms with van der Waals surface area (Å²) >= 11 is 0. The molecule has 0 aromatic heterocycles. The Morgan fingerprint density at radius 1 is 0.333 bits per heavy atom. The third kappa shape index (κ3) is 54.7. The summed E-state index contributed by atoms with van der Waals surface area (Å²) in [5.41, 5.74) is 0. The minimum absolute atomic E-state index is 0.180. The first-order valence-corrected chi connectivity index (χ1v) is 32.4. The molecule has 0 aromatic rings. The first-order valence-electron chi connectivity index (χ1n) is 30.9. The molecule has 0 aromatic carbocycles. The van der Waals surface area contributed by atoms with Gasteiger partial charge in [0.25, 0.3) is 0 Å². The van der Waals surface area contributed by atoms with E-state index in [-0.39, 0.29) is 32.5 Å². The van der Waals surface area contributed by atoms with Gasteiger partial charge in [0.1, 0.15) is 19.3 Å². The molecule has 1 unspecified atom stereocenters. The van der Waals surface area contributed by atoms with Gasteiger partial charge in [0.15, 0.2) is 6.10 Å². The number of hydrogen-bond donors (Lipinski definition) is 2. The van der Waals surface area contributed by atoms with Crippen LogP contribution < -0.4 is 0 Å². The molecule has 12 heteroatoms. The largest absolute Gasteiger partial charge is 0.472 e. The molecule has 11 nitrogen and oxygen atoms in total. The van der Waals surface area contributed by atoms with Gasteiger partial charge in [-0.1, -0.05) is 290 Å². The van der Waals surface area contributed by atoms with Gasteiger partial charge in [0.05, 0.1) is 13.2 Å². The van der Waals surface area contributed by atoms with Crippen LogP contribution in [0.4, 0.5) is 0 Å². The van der Waals surface area contributed by atoms with Crippen LogP contribution in [0.5, 0.6) is 0 Å². The lowest BCUT2D eigenvalue weighted by molar-refractivity contribution is -0.161. The average Bonchev–Trinajstić information content (AvgIpc) is 3.37. The van der Waals surface area contributed by atoms with Crippen molar-refractivity contribution in [1.29, 1.82) is 0 Å². The zero-order valence-corrected chi connectivity index (χ0v) is 48.3. The minimum Gasteiger partial charge on any atom is -0.463 e. The number of aliphatic hydroxyl groups is 1. The lowest BCUT2D eigenvalue weighted by Gasteiger charge is -2.20. The van der Waals surface area contributed by atoms with Gasteiger partial charge in [-0.3, -0.25) is 23.4 Å². The van der Waals surface area contributed by atoms with Gasteiger partial charge in [-0.2, -0.15) is 0 Å². The number of aliphatic hydroxyl groups excluding tert-OH is 1. The lowest BCUT2D eigenvalue weighted by atomic mass is 10.0. The molecule has 0 saturated carbocycles. The van der Waals surface area contributed by atoms with E-state index >= 15 is 0 Å². The Labute approximate surface area is 443 Å². The van der Waals surface area contributed by atoms with Gasteiger partial charge in [-0.25, -0.2) is 4.57 Å². The number of unbranched alkanes of at least 4 members (excludes halogenated alkanes) is 42. The normalized spacial score (nSPS) is 13.2. The summed E-state index contributed by atoms with van der Waals surface area (Å²) in [6.45, 7) is 4.91. The first kappa shape index (κ1) is 70.5. The van der Waals surface area contributed by atoms with E-state index in [1.807, 2.05) is 0 Å². The van der Waals surface area contributed by atoms with E-state index in [0.717, 1.165) is 51.4 Å². The summed E-state index contributed by atoms with van der Waals surface area (Å²) in [5, 5.41) is 10.3. The van der Waals surface area contributed by atoms with E-state index in [4.69, 9.17) is 23.3 Å². The molecule has 0 radical (unpaired) electrons. The number of carbonyl (C=O) groups excluding carboxylic acids is 3. The number of esters is 3. The molecule has 0 fully saturated rings. The zero-order valence-electron chi connectivity index (χ0n) is 47.4. The second-order valence-electron chi connectivity index (χ2n) is 21.3. The Morgan fingerprint density at radius 3 is 0.861 bits per heavy atom. The van der Waals surface area contributed by atoms with Gasteiger partial charge in [0.2, 0.25) is 0 Å².